The van der Waals surface area contributed by atoms with E-state index in [1.165, 1.54) is 0 Å². The molecule has 262 valence electrons. The molecule has 5 aromatic rings. The van der Waals surface area contributed by atoms with Gasteiger partial charge in [-0.25, -0.2) is 19.6 Å². The number of rotatable bonds is 4. The Morgan fingerprint density at radius 1 is 0.800 bits per heavy atom. The van der Waals surface area contributed by atoms with E-state index >= 15 is 0 Å². The van der Waals surface area contributed by atoms with Gasteiger partial charge in [0.2, 0.25) is 0 Å². The maximum atomic E-state index is 13.1. The summed E-state index contributed by atoms with van der Waals surface area (Å²) in [5.41, 5.74) is 4.95. The molecule has 2 N–H and O–H groups in total. The lowest BCUT2D eigenvalue weighted by Gasteiger charge is -2.28. The first-order valence-corrected chi connectivity index (χ1v) is 21.0. The fourth-order valence-electron chi connectivity index (χ4n) is 7.28. The van der Waals surface area contributed by atoms with Gasteiger partial charge in [0.1, 0.15) is 22.9 Å². The van der Waals surface area contributed by atoms with Crippen LogP contribution in [0, 0.1) is 0 Å². The standard InChI is InChI=1S/C39H48N6O4Si/c1-38(2,3)48-36(46)44-19-9-10-31(44)35-41-29-18-16-27-20-26(15-17-28(27)33(29)43-35)24-11-13-25(14-12-24)30-21-40-34(42-30)32-22-50(7,8)23-45(32)37(47)49-39(4,5)6/h11-18,20-21,31-32H,9-10,19,22-23H2,1-8H3,(H,40,42)(H,41,43)/t31-,32-/m0/s1. The SMILES string of the molecule is CC(C)(C)OC(=O)N1C[Si](C)(C)C[C@H]1c1ncc(-c2ccc(-c3ccc4c(ccc5nc([C@@H]6CCCN6C(=O)OC(C)(C)C)[nH]c54)c3)cc2)[nH]1. The number of imidazole rings is 2. The molecule has 2 fully saturated rings. The minimum Gasteiger partial charge on any atom is -0.444 e. The lowest BCUT2D eigenvalue weighted by Crippen LogP contribution is -2.39. The van der Waals surface area contributed by atoms with Gasteiger partial charge < -0.3 is 24.3 Å². The Kier molecular flexibility index (Phi) is 8.32. The number of fused-ring (bicyclic) bond motifs is 3. The number of H-pyrrole nitrogens is 2. The second-order valence-corrected chi connectivity index (χ2v) is 21.7. The average molecular weight is 693 g/mol. The Labute approximate surface area is 294 Å². The largest absolute Gasteiger partial charge is 0.444 e. The number of hydrogen-bond acceptors (Lipinski definition) is 6. The molecule has 4 heterocycles. The molecule has 2 aliphatic rings. The monoisotopic (exact) mass is 692 g/mol. The number of amides is 2. The first-order valence-electron chi connectivity index (χ1n) is 17.6. The highest BCUT2D eigenvalue weighted by molar-refractivity contribution is 6.78. The predicted molar refractivity (Wildman–Crippen MR) is 200 cm³/mol. The highest BCUT2D eigenvalue weighted by Gasteiger charge is 2.45. The van der Waals surface area contributed by atoms with E-state index in [9.17, 15) is 9.59 Å². The molecule has 0 bridgehead atoms. The van der Waals surface area contributed by atoms with Crippen LogP contribution in [0.4, 0.5) is 9.59 Å². The van der Waals surface area contributed by atoms with Gasteiger partial charge in [-0.2, -0.15) is 0 Å². The van der Waals surface area contributed by atoms with Crippen LogP contribution in [0.3, 0.4) is 0 Å². The normalized spacial score (nSPS) is 19.4. The van der Waals surface area contributed by atoms with Gasteiger partial charge in [-0.15, -0.1) is 0 Å². The van der Waals surface area contributed by atoms with Crippen molar-refractivity contribution in [1.29, 1.82) is 0 Å². The summed E-state index contributed by atoms with van der Waals surface area (Å²) in [6.45, 7) is 16.7. The fourth-order valence-corrected chi connectivity index (χ4v) is 10.1. The molecule has 0 radical (unpaired) electrons. The fraction of sp³-hybridized carbons (Fsp3) is 0.436. The molecule has 2 saturated heterocycles. The summed E-state index contributed by atoms with van der Waals surface area (Å²) < 4.78 is 11.4. The van der Waals surface area contributed by atoms with Crippen molar-refractivity contribution in [2.75, 3.05) is 12.7 Å². The van der Waals surface area contributed by atoms with Crippen LogP contribution in [0.25, 0.3) is 44.2 Å². The van der Waals surface area contributed by atoms with Gasteiger partial charge in [-0.3, -0.25) is 4.90 Å². The zero-order valence-corrected chi connectivity index (χ0v) is 31.4. The number of carbonyl (C=O) groups excluding carboxylic acids is 2. The average Bonchev–Trinajstić information content (AvgIpc) is 3.84. The molecule has 0 aliphatic carbocycles. The third-order valence-corrected chi connectivity index (χ3v) is 12.2. The molecule has 11 heteroatoms. The minimum atomic E-state index is -1.62. The van der Waals surface area contributed by atoms with Crippen LogP contribution in [0.1, 0.15) is 78.1 Å². The van der Waals surface area contributed by atoms with Crippen LogP contribution in [-0.4, -0.2) is 73.9 Å². The summed E-state index contributed by atoms with van der Waals surface area (Å²) in [4.78, 5) is 46.5. The Hall–Kier alpha value is -4.64. The zero-order valence-electron chi connectivity index (χ0n) is 30.4. The molecule has 0 saturated carbocycles. The van der Waals surface area contributed by atoms with Crippen LogP contribution >= 0.6 is 0 Å². The van der Waals surface area contributed by atoms with E-state index in [-0.39, 0.29) is 24.3 Å². The first kappa shape index (κ1) is 33.8. The summed E-state index contributed by atoms with van der Waals surface area (Å²) in [6.07, 6.45) is 3.82. The van der Waals surface area contributed by atoms with Gasteiger partial charge in [-0.05, 0) is 94.6 Å². The second-order valence-electron chi connectivity index (χ2n) is 16.6. The molecular formula is C39H48N6O4Si. The second kappa shape index (κ2) is 12.3. The van der Waals surface area contributed by atoms with Gasteiger partial charge >= 0.3 is 12.2 Å². The Morgan fingerprint density at radius 3 is 2.16 bits per heavy atom. The van der Waals surface area contributed by atoms with Crippen LogP contribution in [0.2, 0.25) is 19.1 Å². The van der Waals surface area contributed by atoms with Crippen molar-refractivity contribution in [2.45, 2.75) is 96.8 Å². The molecule has 2 atom stereocenters. The van der Waals surface area contributed by atoms with E-state index < -0.39 is 19.3 Å². The molecule has 10 nitrogen and oxygen atoms in total. The summed E-state index contributed by atoms with van der Waals surface area (Å²) in [5, 5.41) is 2.20. The number of hydrogen-bond donors (Lipinski definition) is 2. The number of aromatic nitrogens is 4. The number of benzene rings is 3. The van der Waals surface area contributed by atoms with E-state index in [0.717, 1.165) is 80.9 Å². The Balaban J connectivity index is 1.10. The Morgan fingerprint density at radius 2 is 1.46 bits per heavy atom. The van der Waals surface area contributed by atoms with E-state index in [1.54, 1.807) is 4.90 Å². The highest BCUT2D eigenvalue weighted by Crippen LogP contribution is 2.39. The lowest BCUT2D eigenvalue weighted by molar-refractivity contribution is 0.0212. The molecule has 2 aliphatic heterocycles. The molecule has 0 unspecified atom stereocenters. The number of ether oxygens (including phenoxy) is 2. The van der Waals surface area contributed by atoms with Crippen molar-refractivity contribution >= 4 is 42.1 Å². The van der Waals surface area contributed by atoms with Crippen molar-refractivity contribution in [1.82, 2.24) is 29.7 Å². The molecule has 2 amide bonds. The number of carbonyl (C=O) groups is 2. The molecule has 50 heavy (non-hydrogen) atoms. The van der Waals surface area contributed by atoms with E-state index in [0.29, 0.717) is 6.54 Å². The van der Waals surface area contributed by atoms with E-state index in [4.69, 9.17) is 19.4 Å². The summed E-state index contributed by atoms with van der Waals surface area (Å²) in [5.74, 6) is 1.61. The number of nitrogens with one attached hydrogen (secondary N) is 2. The van der Waals surface area contributed by atoms with Gasteiger partial charge in [0.15, 0.2) is 0 Å². The third kappa shape index (κ3) is 6.88. The molecule has 7 rings (SSSR count). The van der Waals surface area contributed by atoms with Crippen molar-refractivity contribution in [3.8, 4) is 22.4 Å². The van der Waals surface area contributed by atoms with E-state index in [2.05, 4.69) is 71.6 Å². The molecule has 3 aromatic carbocycles. The number of nitrogens with zero attached hydrogens (tertiary/aromatic N) is 4. The summed E-state index contributed by atoms with van der Waals surface area (Å²) in [6, 6.07) is 19.8. The Bertz CT molecular complexity index is 2070. The zero-order chi connectivity index (χ0) is 35.6. The third-order valence-electron chi connectivity index (χ3n) is 9.48. The number of aromatic amines is 2. The smallest absolute Gasteiger partial charge is 0.410 e. The van der Waals surface area contributed by atoms with Gasteiger partial charge in [0, 0.05) is 18.1 Å². The maximum Gasteiger partial charge on any atom is 0.410 e. The lowest BCUT2D eigenvalue weighted by atomic mass is 9.99. The van der Waals surface area contributed by atoms with Crippen LogP contribution < -0.4 is 0 Å². The summed E-state index contributed by atoms with van der Waals surface area (Å²) in [7, 11) is -1.62. The highest BCUT2D eigenvalue weighted by atomic mass is 28.3. The van der Waals surface area contributed by atoms with Crippen LogP contribution in [0.15, 0.2) is 60.8 Å². The molecule has 0 spiro atoms. The van der Waals surface area contributed by atoms with Gasteiger partial charge in [0.25, 0.3) is 0 Å². The predicted octanol–water partition coefficient (Wildman–Crippen LogP) is 9.38. The van der Waals surface area contributed by atoms with Crippen molar-refractivity contribution in [3.05, 3.63) is 72.4 Å². The minimum absolute atomic E-state index is 0.114. The summed E-state index contributed by atoms with van der Waals surface area (Å²) >= 11 is 0. The van der Waals surface area contributed by atoms with Crippen molar-refractivity contribution in [2.24, 2.45) is 0 Å². The first-order chi connectivity index (χ1) is 23.5. The van der Waals surface area contributed by atoms with Gasteiger partial charge in [0.05, 0.1) is 43.1 Å². The van der Waals surface area contributed by atoms with E-state index in [1.807, 2.05) is 58.7 Å². The molecular weight excluding hydrogens is 645 g/mol. The number of likely N-dealkylation sites (tertiary alicyclic amines) is 1. The molecule has 2 aromatic heterocycles. The maximum absolute atomic E-state index is 13.1. The van der Waals surface area contributed by atoms with Crippen LogP contribution in [-0.2, 0) is 9.47 Å². The van der Waals surface area contributed by atoms with Crippen molar-refractivity contribution < 1.29 is 19.1 Å². The topological polar surface area (TPSA) is 116 Å². The van der Waals surface area contributed by atoms with Gasteiger partial charge in [-0.1, -0.05) is 55.6 Å². The quantitative estimate of drug-likeness (QED) is 0.181. The van der Waals surface area contributed by atoms with Crippen LogP contribution in [0.5, 0.6) is 0 Å². The van der Waals surface area contributed by atoms with Crippen molar-refractivity contribution in [3.63, 3.8) is 0 Å².